The highest BCUT2D eigenvalue weighted by atomic mass is 16.2. The van der Waals surface area contributed by atoms with Crippen molar-refractivity contribution in [3.05, 3.63) is 0 Å². The van der Waals surface area contributed by atoms with Crippen LogP contribution in [-0.4, -0.2) is 18.0 Å². The number of fused-ring (bicyclic) bond motifs is 2. The molecule has 0 aromatic rings. The average molecular weight is 292 g/mol. The number of rotatable bonds is 2. The maximum absolute atomic E-state index is 12.7. The van der Waals surface area contributed by atoms with Gasteiger partial charge < -0.3 is 11.1 Å². The average Bonchev–Trinajstić information content (AvgIpc) is 2.83. The molecule has 3 saturated carbocycles. The molecule has 3 N–H and O–H groups in total. The van der Waals surface area contributed by atoms with Gasteiger partial charge in [-0.25, -0.2) is 0 Å². The van der Waals surface area contributed by atoms with Gasteiger partial charge in [0.25, 0.3) is 0 Å². The van der Waals surface area contributed by atoms with Crippen LogP contribution < -0.4 is 11.1 Å². The van der Waals surface area contributed by atoms with Crippen molar-refractivity contribution in [2.45, 2.75) is 78.3 Å². The molecular formula is C18H32N2O. The van der Waals surface area contributed by atoms with Crippen LogP contribution in [0.25, 0.3) is 0 Å². The van der Waals surface area contributed by atoms with Crippen molar-refractivity contribution < 1.29 is 4.79 Å². The highest BCUT2D eigenvalue weighted by Gasteiger charge is 2.50. The highest BCUT2D eigenvalue weighted by Crippen LogP contribution is 2.49. The lowest BCUT2D eigenvalue weighted by Gasteiger charge is -2.45. The van der Waals surface area contributed by atoms with Gasteiger partial charge in [-0.05, 0) is 61.2 Å². The zero-order valence-electron chi connectivity index (χ0n) is 14.1. The Morgan fingerprint density at radius 3 is 2.14 bits per heavy atom. The Morgan fingerprint density at radius 2 is 1.62 bits per heavy atom. The zero-order valence-corrected chi connectivity index (χ0v) is 14.1. The monoisotopic (exact) mass is 292 g/mol. The largest absolute Gasteiger partial charge is 0.353 e. The molecule has 3 aliphatic carbocycles. The summed E-state index contributed by atoms with van der Waals surface area (Å²) in [4.78, 5) is 12.7. The molecule has 0 aliphatic heterocycles. The van der Waals surface area contributed by atoms with E-state index in [1.165, 1.54) is 25.7 Å². The number of carbonyl (C=O) groups excluding carboxylic acids is 1. The summed E-state index contributed by atoms with van der Waals surface area (Å²) in [6.45, 7) is 9.32. The molecule has 0 aromatic heterocycles. The fourth-order valence-corrected chi connectivity index (χ4v) is 5.97. The first-order chi connectivity index (χ1) is 9.67. The number of hydrogen-bond donors (Lipinski definition) is 2. The third kappa shape index (κ3) is 2.99. The molecule has 3 heteroatoms. The molecule has 3 rings (SSSR count). The van der Waals surface area contributed by atoms with Gasteiger partial charge in [-0.3, -0.25) is 4.79 Å². The van der Waals surface area contributed by atoms with Crippen molar-refractivity contribution >= 4 is 5.91 Å². The van der Waals surface area contributed by atoms with E-state index in [2.05, 4.69) is 33.0 Å². The second kappa shape index (κ2) is 4.97. The molecule has 0 spiro atoms. The standard InChI is InChI=1S/C18H32N2O/c1-17(2)8-13(9-18(3,4)10-17)20-16(21)14-11-5-6-12(7-11)15(14)19/h11-15H,5-10,19H2,1-4H3,(H,20,21). The Morgan fingerprint density at radius 1 is 1.05 bits per heavy atom. The quantitative estimate of drug-likeness (QED) is 0.822. The molecule has 0 heterocycles. The summed E-state index contributed by atoms with van der Waals surface area (Å²) in [5, 5.41) is 3.37. The van der Waals surface area contributed by atoms with Gasteiger partial charge in [0.1, 0.15) is 0 Å². The topological polar surface area (TPSA) is 55.1 Å². The Hall–Kier alpha value is -0.570. The van der Waals surface area contributed by atoms with Crippen molar-refractivity contribution in [1.29, 1.82) is 0 Å². The summed E-state index contributed by atoms with van der Waals surface area (Å²) in [6, 6.07) is 0.427. The number of amides is 1. The Labute approximate surface area is 129 Å². The first kappa shape index (κ1) is 15.3. The van der Waals surface area contributed by atoms with Crippen LogP contribution in [0.4, 0.5) is 0 Å². The van der Waals surface area contributed by atoms with Gasteiger partial charge in [-0.2, -0.15) is 0 Å². The van der Waals surface area contributed by atoms with Crippen LogP contribution in [0.15, 0.2) is 0 Å². The van der Waals surface area contributed by atoms with Crippen LogP contribution in [0.1, 0.15) is 66.2 Å². The van der Waals surface area contributed by atoms with E-state index in [0.29, 0.717) is 28.7 Å². The van der Waals surface area contributed by atoms with Crippen LogP contribution in [0, 0.1) is 28.6 Å². The van der Waals surface area contributed by atoms with Gasteiger partial charge >= 0.3 is 0 Å². The fourth-order valence-electron chi connectivity index (χ4n) is 5.97. The van der Waals surface area contributed by atoms with Gasteiger partial charge in [0, 0.05) is 12.1 Å². The number of nitrogens with two attached hydrogens (primary N) is 1. The third-order valence-electron chi connectivity index (χ3n) is 6.18. The van der Waals surface area contributed by atoms with Gasteiger partial charge in [0.15, 0.2) is 0 Å². The van der Waals surface area contributed by atoms with E-state index < -0.39 is 0 Å². The Balaban J connectivity index is 1.65. The number of nitrogens with one attached hydrogen (secondary N) is 1. The molecule has 3 aliphatic rings. The summed E-state index contributed by atoms with van der Waals surface area (Å²) >= 11 is 0. The van der Waals surface area contributed by atoms with E-state index >= 15 is 0 Å². The molecule has 0 aromatic carbocycles. The van der Waals surface area contributed by atoms with Crippen molar-refractivity contribution in [2.24, 2.45) is 34.3 Å². The van der Waals surface area contributed by atoms with Crippen molar-refractivity contribution in [1.82, 2.24) is 5.32 Å². The van der Waals surface area contributed by atoms with Gasteiger partial charge in [-0.15, -0.1) is 0 Å². The predicted octanol–water partition coefficient (Wildman–Crippen LogP) is 3.08. The van der Waals surface area contributed by atoms with E-state index in [1.54, 1.807) is 0 Å². The van der Waals surface area contributed by atoms with Crippen molar-refractivity contribution in [3.8, 4) is 0 Å². The van der Waals surface area contributed by atoms with E-state index in [1.807, 2.05) is 0 Å². The number of carbonyl (C=O) groups is 1. The molecule has 2 bridgehead atoms. The lowest BCUT2D eigenvalue weighted by atomic mass is 9.63. The van der Waals surface area contributed by atoms with Crippen molar-refractivity contribution in [3.63, 3.8) is 0 Å². The van der Waals surface area contributed by atoms with Crippen LogP contribution in [0.2, 0.25) is 0 Å². The lowest BCUT2D eigenvalue weighted by molar-refractivity contribution is -0.128. The maximum atomic E-state index is 12.7. The molecule has 3 nitrogen and oxygen atoms in total. The summed E-state index contributed by atoms with van der Waals surface area (Å²) < 4.78 is 0. The molecular weight excluding hydrogens is 260 g/mol. The first-order valence-corrected chi connectivity index (χ1v) is 8.73. The molecule has 0 radical (unpaired) electrons. The smallest absolute Gasteiger partial charge is 0.225 e. The molecule has 1 amide bonds. The van der Waals surface area contributed by atoms with E-state index in [9.17, 15) is 4.79 Å². The molecule has 4 unspecified atom stereocenters. The minimum absolute atomic E-state index is 0.0805. The summed E-state index contributed by atoms with van der Waals surface area (Å²) in [7, 11) is 0. The molecule has 120 valence electrons. The van der Waals surface area contributed by atoms with Gasteiger partial charge in [0.2, 0.25) is 5.91 Å². The second-order valence-corrected chi connectivity index (χ2v) is 9.56. The van der Waals surface area contributed by atoms with Crippen LogP contribution in [0.5, 0.6) is 0 Å². The van der Waals surface area contributed by atoms with Gasteiger partial charge in [-0.1, -0.05) is 27.7 Å². The SMILES string of the molecule is CC1(C)CC(NC(=O)C2C3CCC(C3)C2N)CC(C)(C)C1. The number of hydrogen-bond acceptors (Lipinski definition) is 2. The van der Waals surface area contributed by atoms with Gasteiger partial charge in [0.05, 0.1) is 5.92 Å². The molecule has 3 fully saturated rings. The summed E-state index contributed by atoms with van der Waals surface area (Å²) in [5.41, 5.74) is 6.95. The molecule has 4 atom stereocenters. The normalized spacial score (nSPS) is 41.2. The van der Waals surface area contributed by atoms with Crippen molar-refractivity contribution in [2.75, 3.05) is 0 Å². The van der Waals surface area contributed by atoms with E-state index in [4.69, 9.17) is 5.73 Å². The highest BCUT2D eigenvalue weighted by molar-refractivity contribution is 5.80. The third-order valence-corrected chi connectivity index (χ3v) is 6.18. The first-order valence-electron chi connectivity index (χ1n) is 8.73. The fraction of sp³-hybridized carbons (Fsp3) is 0.944. The minimum Gasteiger partial charge on any atom is -0.353 e. The Kier molecular flexibility index (Phi) is 3.63. The summed E-state index contributed by atoms with van der Waals surface area (Å²) in [6.07, 6.45) is 7.05. The van der Waals surface area contributed by atoms with Crippen LogP contribution in [0.3, 0.4) is 0 Å². The minimum atomic E-state index is 0.0805. The zero-order chi connectivity index (χ0) is 15.4. The summed E-state index contributed by atoms with van der Waals surface area (Å²) in [5.74, 6) is 1.48. The maximum Gasteiger partial charge on any atom is 0.225 e. The Bertz CT molecular complexity index is 411. The van der Waals surface area contributed by atoms with E-state index in [0.717, 1.165) is 12.8 Å². The lowest BCUT2D eigenvalue weighted by Crippen LogP contribution is -2.51. The van der Waals surface area contributed by atoms with Crippen LogP contribution in [-0.2, 0) is 4.79 Å². The molecule has 0 saturated heterocycles. The van der Waals surface area contributed by atoms with E-state index in [-0.39, 0.29) is 17.9 Å². The predicted molar refractivity (Wildman–Crippen MR) is 85.6 cm³/mol. The second-order valence-electron chi connectivity index (χ2n) is 9.56. The molecule has 21 heavy (non-hydrogen) atoms. The van der Waals surface area contributed by atoms with Crippen LogP contribution >= 0.6 is 0 Å².